The van der Waals surface area contributed by atoms with Gasteiger partial charge in [-0.3, -0.25) is 15.1 Å². The number of amides is 1. The first-order valence-corrected chi connectivity index (χ1v) is 5.30. The number of aromatic nitrogens is 3. The van der Waals surface area contributed by atoms with E-state index in [4.69, 9.17) is 11.6 Å². The number of nitrogens with one attached hydrogen (secondary N) is 1. The van der Waals surface area contributed by atoms with Crippen LogP contribution >= 0.6 is 11.6 Å². The third-order valence-corrected chi connectivity index (χ3v) is 2.15. The van der Waals surface area contributed by atoms with E-state index in [1.165, 1.54) is 12.3 Å². The molecule has 2 aromatic rings. The number of carbonyl (C=O) groups excluding carboxylic acids is 1. The van der Waals surface area contributed by atoms with Crippen LogP contribution in [-0.4, -0.2) is 20.9 Å². The lowest BCUT2D eigenvalue weighted by Crippen LogP contribution is -2.16. The van der Waals surface area contributed by atoms with Gasteiger partial charge in [-0.25, -0.2) is 9.97 Å². The van der Waals surface area contributed by atoms with E-state index >= 15 is 0 Å². The Morgan fingerprint density at radius 3 is 2.82 bits per heavy atom. The summed E-state index contributed by atoms with van der Waals surface area (Å²) >= 11 is 5.67. The van der Waals surface area contributed by atoms with Crippen LogP contribution in [0.5, 0.6) is 0 Å². The number of carbonyl (C=O) groups is 1. The summed E-state index contributed by atoms with van der Waals surface area (Å²) < 4.78 is 0. The maximum absolute atomic E-state index is 11.6. The summed E-state index contributed by atoms with van der Waals surface area (Å²) in [6.45, 7) is 0. The minimum atomic E-state index is -0.231. The normalized spacial score (nSPS) is 9.94. The van der Waals surface area contributed by atoms with E-state index in [9.17, 15) is 4.79 Å². The Hall–Kier alpha value is -2.01. The second-order valence-electron chi connectivity index (χ2n) is 3.25. The molecule has 0 aliphatic heterocycles. The van der Waals surface area contributed by atoms with E-state index < -0.39 is 0 Å². The number of hydrogen-bond donors (Lipinski definition) is 1. The van der Waals surface area contributed by atoms with Crippen molar-refractivity contribution in [2.24, 2.45) is 0 Å². The van der Waals surface area contributed by atoms with Gasteiger partial charge in [-0.1, -0.05) is 17.7 Å². The molecule has 0 atom stereocenters. The fraction of sp³-hybridized carbons (Fsp3) is 0.0909. The highest BCUT2D eigenvalue weighted by Crippen LogP contribution is 2.06. The van der Waals surface area contributed by atoms with Crippen LogP contribution in [0.3, 0.4) is 0 Å². The first kappa shape index (κ1) is 11.5. The lowest BCUT2D eigenvalue weighted by atomic mass is 10.2. The van der Waals surface area contributed by atoms with Crippen molar-refractivity contribution < 1.29 is 4.79 Å². The lowest BCUT2D eigenvalue weighted by Gasteiger charge is -2.02. The average molecular weight is 249 g/mol. The second kappa shape index (κ2) is 5.36. The van der Waals surface area contributed by atoms with E-state index in [2.05, 4.69) is 20.3 Å². The molecule has 6 heteroatoms. The average Bonchev–Trinajstić information content (AvgIpc) is 2.30. The molecular formula is C11H9ClN4O. The van der Waals surface area contributed by atoms with E-state index in [0.717, 1.165) is 0 Å². The molecule has 0 saturated heterocycles. The van der Waals surface area contributed by atoms with E-state index in [0.29, 0.717) is 5.69 Å². The number of halogens is 1. The Kier molecular flexibility index (Phi) is 3.62. The highest BCUT2D eigenvalue weighted by molar-refractivity contribution is 6.29. The van der Waals surface area contributed by atoms with Crippen molar-refractivity contribution >= 4 is 23.5 Å². The zero-order valence-corrected chi connectivity index (χ0v) is 9.55. The van der Waals surface area contributed by atoms with Gasteiger partial charge in [0.1, 0.15) is 5.15 Å². The first-order valence-electron chi connectivity index (χ1n) is 4.92. The van der Waals surface area contributed by atoms with Gasteiger partial charge < -0.3 is 0 Å². The zero-order valence-electron chi connectivity index (χ0n) is 8.80. The van der Waals surface area contributed by atoms with Crippen molar-refractivity contribution in [2.45, 2.75) is 6.42 Å². The van der Waals surface area contributed by atoms with Crippen molar-refractivity contribution in [1.82, 2.24) is 15.0 Å². The summed E-state index contributed by atoms with van der Waals surface area (Å²) in [6.07, 6.45) is 3.29. The molecule has 0 unspecified atom stereocenters. The van der Waals surface area contributed by atoms with E-state index in [1.54, 1.807) is 18.3 Å². The summed E-state index contributed by atoms with van der Waals surface area (Å²) in [7, 11) is 0. The number of nitrogens with zero attached hydrogens (tertiary/aromatic N) is 3. The predicted molar refractivity (Wildman–Crippen MR) is 63.6 cm³/mol. The van der Waals surface area contributed by atoms with Gasteiger partial charge in [0.05, 0.1) is 6.42 Å². The van der Waals surface area contributed by atoms with E-state index in [1.807, 2.05) is 6.07 Å². The molecule has 0 aliphatic rings. The molecule has 0 spiro atoms. The van der Waals surface area contributed by atoms with Gasteiger partial charge in [0.25, 0.3) is 0 Å². The molecule has 0 bridgehead atoms. The lowest BCUT2D eigenvalue weighted by molar-refractivity contribution is -0.115. The molecule has 86 valence electrons. The van der Waals surface area contributed by atoms with Crippen molar-refractivity contribution in [1.29, 1.82) is 0 Å². The maximum Gasteiger partial charge on any atom is 0.232 e. The van der Waals surface area contributed by atoms with Gasteiger partial charge in [-0.15, -0.1) is 0 Å². The minimum absolute atomic E-state index is 0.177. The van der Waals surface area contributed by atoms with Crippen LogP contribution in [-0.2, 0) is 11.2 Å². The van der Waals surface area contributed by atoms with E-state index in [-0.39, 0.29) is 23.4 Å². The molecule has 0 aromatic carbocycles. The first-order chi connectivity index (χ1) is 8.24. The van der Waals surface area contributed by atoms with Crippen molar-refractivity contribution in [2.75, 3.05) is 5.32 Å². The molecule has 0 saturated carbocycles. The van der Waals surface area contributed by atoms with Gasteiger partial charge in [-0.05, 0) is 18.2 Å². The molecule has 0 radical (unpaired) electrons. The molecule has 2 heterocycles. The number of hydrogen-bond acceptors (Lipinski definition) is 4. The zero-order chi connectivity index (χ0) is 12.1. The molecule has 2 aromatic heterocycles. The third-order valence-electron chi connectivity index (χ3n) is 1.94. The number of rotatable bonds is 3. The highest BCUT2D eigenvalue weighted by atomic mass is 35.5. The minimum Gasteiger partial charge on any atom is -0.294 e. The number of anilines is 1. The van der Waals surface area contributed by atoms with Crippen LogP contribution < -0.4 is 5.32 Å². The van der Waals surface area contributed by atoms with Crippen LogP contribution in [0.15, 0.2) is 36.7 Å². The molecule has 2 rings (SSSR count). The van der Waals surface area contributed by atoms with Gasteiger partial charge >= 0.3 is 0 Å². The molecule has 1 N–H and O–H groups in total. The van der Waals surface area contributed by atoms with Gasteiger partial charge in [0.15, 0.2) is 0 Å². The fourth-order valence-electron chi connectivity index (χ4n) is 1.23. The summed E-state index contributed by atoms with van der Waals surface area (Å²) in [5.41, 5.74) is 0.687. The number of pyridine rings is 1. The topological polar surface area (TPSA) is 67.8 Å². The van der Waals surface area contributed by atoms with Crippen LogP contribution in [0, 0.1) is 0 Å². The Morgan fingerprint density at radius 2 is 2.12 bits per heavy atom. The smallest absolute Gasteiger partial charge is 0.232 e. The van der Waals surface area contributed by atoms with Gasteiger partial charge in [0.2, 0.25) is 11.9 Å². The molecular weight excluding hydrogens is 240 g/mol. The van der Waals surface area contributed by atoms with Crippen molar-refractivity contribution in [3.63, 3.8) is 0 Å². The van der Waals surface area contributed by atoms with Gasteiger partial charge in [-0.2, -0.15) is 0 Å². The SMILES string of the molecule is O=C(Cc1ccccn1)Nc1nccc(Cl)n1. The second-order valence-corrected chi connectivity index (χ2v) is 3.64. The van der Waals surface area contributed by atoms with Crippen LogP contribution in [0.1, 0.15) is 5.69 Å². The quantitative estimate of drug-likeness (QED) is 0.840. The predicted octanol–water partition coefficient (Wildman–Crippen LogP) is 1.71. The summed E-state index contributed by atoms with van der Waals surface area (Å²) in [5.74, 6) is -0.0376. The molecule has 1 amide bonds. The Labute approximate surface area is 103 Å². The maximum atomic E-state index is 11.6. The van der Waals surface area contributed by atoms with Gasteiger partial charge in [0, 0.05) is 18.1 Å². The summed E-state index contributed by atoms with van der Waals surface area (Å²) in [5, 5.41) is 2.83. The Morgan fingerprint density at radius 1 is 1.24 bits per heavy atom. The van der Waals surface area contributed by atoms with Crippen LogP contribution in [0.4, 0.5) is 5.95 Å². The third kappa shape index (κ3) is 3.49. The highest BCUT2D eigenvalue weighted by Gasteiger charge is 2.06. The Balaban J connectivity index is 1.98. The molecule has 0 aliphatic carbocycles. The van der Waals surface area contributed by atoms with Crippen LogP contribution in [0.25, 0.3) is 0 Å². The Bertz CT molecular complexity index is 518. The monoisotopic (exact) mass is 248 g/mol. The molecule has 5 nitrogen and oxygen atoms in total. The molecule has 0 fully saturated rings. The van der Waals surface area contributed by atoms with Crippen LogP contribution in [0.2, 0.25) is 5.15 Å². The van der Waals surface area contributed by atoms with Crippen molar-refractivity contribution in [3.8, 4) is 0 Å². The van der Waals surface area contributed by atoms with Crippen molar-refractivity contribution in [3.05, 3.63) is 47.5 Å². The summed E-state index contributed by atoms with van der Waals surface area (Å²) in [4.78, 5) is 23.4. The molecule has 17 heavy (non-hydrogen) atoms. The standard InChI is InChI=1S/C11H9ClN4O/c12-9-4-6-14-11(15-9)16-10(17)7-8-3-1-2-5-13-8/h1-6H,7H2,(H,14,15,16,17). The largest absolute Gasteiger partial charge is 0.294 e. The fourth-order valence-corrected chi connectivity index (χ4v) is 1.37. The summed E-state index contributed by atoms with van der Waals surface area (Å²) in [6, 6.07) is 6.93.